The topological polar surface area (TPSA) is 66.9 Å². The van der Waals surface area contributed by atoms with Crippen LogP contribution < -0.4 is 13.9 Å². The molecule has 0 saturated heterocycles. The zero-order valence-electron chi connectivity index (χ0n) is 18.1. The normalized spacial score (nSPS) is 17.7. The van der Waals surface area contributed by atoms with Gasteiger partial charge >= 0.3 is 0 Å². The molecule has 0 saturated carbocycles. The molecule has 0 aliphatic carbocycles. The van der Waals surface area contributed by atoms with Gasteiger partial charge in [0.1, 0.15) is 5.75 Å². The van der Waals surface area contributed by atoms with Crippen LogP contribution in [0.3, 0.4) is 0 Å². The molecule has 0 fully saturated rings. The average Bonchev–Trinajstić information content (AvgIpc) is 2.82. The Balaban J connectivity index is 1.54. The van der Waals surface area contributed by atoms with Gasteiger partial charge in [0.15, 0.2) is 6.10 Å². The highest BCUT2D eigenvalue weighted by Gasteiger charge is 2.40. The lowest BCUT2D eigenvalue weighted by Gasteiger charge is -2.38. The van der Waals surface area contributed by atoms with E-state index in [0.29, 0.717) is 23.0 Å². The van der Waals surface area contributed by atoms with Crippen molar-refractivity contribution in [3.05, 3.63) is 82.9 Å². The first-order chi connectivity index (χ1) is 15.8. The number of aryl methyl sites for hydroxylation is 2. The van der Waals surface area contributed by atoms with Crippen molar-refractivity contribution in [1.29, 1.82) is 0 Å². The van der Waals surface area contributed by atoms with E-state index in [9.17, 15) is 13.2 Å². The summed E-state index contributed by atoms with van der Waals surface area (Å²) in [6.45, 7) is 2.32. The lowest BCUT2D eigenvalue weighted by molar-refractivity contribution is -0.125. The van der Waals surface area contributed by atoms with Crippen molar-refractivity contribution in [1.82, 2.24) is 0 Å². The molecule has 0 bridgehead atoms. The molecule has 2 aliphatic heterocycles. The van der Waals surface area contributed by atoms with Crippen molar-refractivity contribution < 1.29 is 17.9 Å². The number of fused-ring (bicyclic) bond motifs is 2. The van der Waals surface area contributed by atoms with Crippen LogP contribution in [0.25, 0.3) is 0 Å². The number of carbonyl (C=O) groups excluding carboxylic acids is 1. The number of sulfonamides is 1. The number of para-hydroxylation sites is 1. The SMILES string of the molecule is Cc1ccc(S(=O)(=O)N2C[C@@H](C(=O)N3CCCc4ccccc43)Oc3ccc(Cl)cc32)cc1. The first kappa shape index (κ1) is 21.8. The first-order valence-corrected chi connectivity index (χ1v) is 12.6. The van der Waals surface area contributed by atoms with Gasteiger partial charge in [-0.1, -0.05) is 47.5 Å². The Morgan fingerprint density at radius 1 is 1.03 bits per heavy atom. The number of hydrogen-bond acceptors (Lipinski definition) is 4. The van der Waals surface area contributed by atoms with Gasteiger partial charge in [0.2, 0.25) is 0 Å². The Hall–Kier alpha value is -3.03. The third-order valence-corrected chi connectivity index (χ3v) is 8.08. The molecule has 0 unspecified atom stereocenters. The number of hydrogen-bond donors (Lipinski definition) is 0. The van der Waals surface area contributed by atoms with Crippen molar-refractivity contribution >= 4 is 38.9 Å². The van der Waals surface area contributed by atoms with Gasteiger partial charge in [-0.05, 0) is 61.7 Å². The van der Waals surface area contributed by atoms with Crippen LogP contribution in [-0.4, -0.2) is 33.5 Å². The molecule has 33 heavy (non-hydrogen) atoms. The number of ether oxygens (including phenoxy) is 1. The van der Waals surface area contributed by atoms with Crippen molar-refractivity contribution in [2.24, 2.45) is 0 Å². The van der Waals surface area contributed by atoms with Gasteiger partial charge < -0.3 is 9.64 Å². The fourth-order valence-electron chi connectivity index (χ4n) is 4.35. The van der Waals surface area contributed by atoms with Gasteiger partial charge in [-0.3, -0.25) is 9.10 Å². The van der Waals surface area contributed by atoms with E-state index < -0.39 is 16.1 Å². The number of rotatable bonds is 3. The van der Waals surface area contributed by atoms with Crippen molar-refractivity contribution in [2.75, 3.05) is 22.3 Å². The third-order valence-electron chi connectivity index (χ3n) is 6.05. The van der Waals surface area contributed by atoms with E-state index in [1.807, 2.05) is 31.2 Å². The monoisotopic (exact) mass is 482 g/mol. The maximum absolute atomic E-state index is 13.6. The van der Waals surface area contributed by atoms with E-state index in [1.54, 1.807) is 47.4 Å². The molecule has 170 valence electrons. The Morgan fingerprint density at radius 3 is 2.58 bits per heavy atom. The number of anilines is 2. The third kappa shape index (κ3) is 3.96. The fourth-order valence-corrected chi connectivity index (χ4v) is 5.99. The van der Waals surface area contributed by atoms with Crippen LogP contribution in [0.4, 0.5) is 11.4 Å². The van der Waals surface area contributed by atoms with Crippen LogP contribution in [-0.2, 0) is 21.2 Å². The van der Waals surface area contributed by atoms with Gasteiger partial charge in [-0.25, -0.2) is 8.42 Å². The van der Waals surface area contributed by atoms with E-state index in [2.05, 4.69) is 0 Å². The molecule has 0 radical (unpaired) electrons. The summed E-state index contributed by atoms with van der Waals surface area (Å²) in [7, 11) is -3.94. The predicted molar refractivity (Wildman–Crippen MR) is 129 cm³/mol. The average molecular weight is 483 g/mol. The van der Waals surface area contributed by atoms with Crippen LogP contribution in [0.1, 0.15) is 17.5 Å². The summed E-state index contributed by atoms with van der Waals surface area (Å²) < 4.78 is 34.5. The molecule has 0 aromatic heterocycles. The van der Waals surface area contributed by atoms with Gasteiger partial charge in [0, 0.05) is 17.3 Å². The summed E-state index contributed by atoms with van der Waals surface area (Å²) in [5.41, 5.74) is 3.23. The molecule has 0 N–H and O–H groups in total. The number of halogens is 1. The second kappa shape index (κ2) is 8.39. The quantitative estimate of drug-likeness (QED) is 0.548. The van der Waals surface area contributed by atoms with Gasteiger partial charge in [-0.2, -0.15) is 0 Å². The second-order valence-corrected chi connectivity index (χ2v) is 10.6. The number of benzene rings is 3. The maximum Gasteiger partial charge on any atom is 0.269 e. The molecule has 0 spiro atoms. The minimum atomic E-state index is -3.94. The zero-order valence-corrected chi connectivity index (χ0v) is 19.6. The standard InChI is InChI=1S/C25H23ClN2O4S/c1-17-8-11-20(12-9-17)33(30,31)28-16-24(32-23-13-10-19(26)15-22(23)28)25(29)27-14-4-6-18-5-2-3-7-21(18)27/h2-3,5,7-13,15,24H,4,6,14,16H2,1H3/t24-/m0/s1. The van der Waals surface area contributed by atoms with E-state index in [4.69, 9.17) is 16.3 Å². The summed E-state index contributed by atoms with van der Waals surface area (Å²) in [6.07, 6.45) is 0.762. The Labute approximate surface area is 198 Å². The largest absolute Gasteiger partial charge is 0.476 e. The van der Waals surface area contributed by atoms with Crippen LogP contribution in [0.5, 0.6) is 5.75 Å². The molecule has 2 heterocycles. The lowest BCUT2D eigenvalue weighted by Crippen LogP contribution is -2.53. The van der Waals surface area contributed by atoms with Gasteiger partial charge in [-0.15, -0.1) is 0 Å². The predicted octanol–water partition coefficient (Wildman–Crippen LogP) is 4.58. The van der Waals surface area contributed by atoms with Crippen molar-refractivity contribution in [3.63, 3.8) is 0 Å². The van der Waals surface area contributed by atoms with Crippen molar-refractivity contribution in [3.8, 4) is 5.75 Å². The maximum atomic E-state index is 13.6. The minimum absolute atomic E-state index is 0.138. The molecule has 5 rings (SSSR count). The lowest BCUT2D eigenvalue weighted by atomic mass is 10.0. The smallest absolute Gasteiger partial charge is 0.269 e. The number of carbonyl (C=O) groups is 1. The van der Waals surface area contributed by atoms with Crippen LogP contribution in [0, 0.1) is 6.92 Å². The molecule has 3 aromatic carbocycles. The van der Waals surface area contributed by atoms with E-state index in [1.165, 1.54) is 4.31 Å². The Morgan fingerprint density at radius 2 is 1.79 bits per heavy atom. The summed E-state index contributed by atoms with van der Waals surface area (Å²) in [4.78, 5) is 15.5. The Kier molecular flexibility index (Phi) is 5.54. The van der Waals surface area contributed by atoms with E-state index >= 15 is 0 Å². The highest BCUT2D eigenvalue weighted by Crippen LogP contribution is 2.39. The number of amides is 1. The van der Waals surface area contributed by atoms with Crippen LogP contribution in [0.15, 0.2) is 71.6 Å². The number of nitrogens with zero attached hydrogens (tertiary/aromatic N) is 2. The van der Waals surface area contributed by atoms with Gasteiger partial charge in [0.05, 0.1) is 17.1 Å². The van der Waals surface area contributed by atoms with Crippen LogP contribution >= 0.6 is 11.6 Å². The molecule has 2 aliphatic rings. The van der Waals surface area contributed by atoms with Crippen molar-refractivity contribution in [2.45, 2.75) is 30.8 Å². The minimum Gasteiger partial charge on any atom is -0.476 e. The highest BCUT2D eigenvalue weighted by atomic mass is 35.5. The molecule has 6 nitrogen and oxygen atoms in total. The summed E-state index contributed by atoms with van der Waals surface area (Å²) in [5, 5.41) is 0.385. The highest BCUT2D eigenvalue weighted by molar-refractivity contribution is 7.92. The summed E-state index contributed by atoms with van der Waals surface area (Å²) in [6, 6.07) is 19.2. The van der Waals surface area contributed by atoms with Crippen LogP contribution in [0.2, 0.25) is 5.02 Å². The summed E-state index contributed by atoms with van der Waals surface area (Å²) in [5.74, 6) is 0.0526. The van der Waals surface area contributed by atoms with E-state index in [0.717, 1.165) is 29.7 Å². The molecule has 8 heteroatoms. The first-order valence-electron chi connectivity index (χ1n) is 10.8. The Bertz CT molecular complexity index is 1320. The molecule has 3 aromatic rings. The molecule has 1 atom stereocenters. The fraction of sp³-hybridized carbons (Fsp3) is 0.240. The molecular formula is C25H23ClN2O4S. The zero-order chi connectivity index (χ0) is 23.2. The van der Waals surface area contributed by atoms with Gasteiger partial charge in [0.25, 0.3) is 15.9 Å². The van der Waals surface area contributed by atoms with E-state index in [-0.39, 0.29) is 17.3 Å². The molecular weight excluding hydrogens is 460 g/mol. The molecule has 1 amide bonds. The second-order valence-electron chi connectivity index (χ2n) is 8.29. The summed E-state index contributed by atoms with van der Waals surface area (Å²) >= 11 is 6.18.